The van der Waals surface area contributed by atoms with Crippen LogP contribution < -0.4 is 5.32 Å². The van der Waals surface area contributed by atoms with Crippen LogP contribution in [0.2, 0.25) is 0 Å². The second-order valence-corrected chi connectivity index (χ2v) is 11.1. The molecule has 16 atom stereocenters. The van der Waals surface area contributed by atoms with Crippen LogP contribution in [0.4, 0.5) is 0 Å². The normalized spacial score (nSPS) is 42.9. The first-order chi connectivity index (χ1) is 21.5. The molecule has 0 radical (unpaired) electrons. The lowest BCUT2D eigenvalue weighted by molar-refractivity contribution is -0.385. The van der Waals surface area contributed by atoms with Gasteiger partial charge in [0.1, 0.15) is 73.8 Å². The zero-order chi connectivity index (χ0) is 34.7. The summed E-state index contributed by atoms with van der Waals surface area (Å²) in [6.07, 6.45) is -28.1. The predicted octanol–water partition coefficient (Wildman–Crippen LogP) is -7.65. The van der Waals surface area contributed by atoms with E-state index in [4.69, 9.17) is 23.7 Å². The Labute approximate surface area is 260 Å². The average molecular weight is 676 g/mol. The fraction of sp³-hybridized carbons (Fsp3) is 0.880. The van der Waals surface area contributed by atoms with Crippen molar-refractivity contribution in [3.63, 3.8) is 0 Å². The molecule has 0 aromatic rings. The molecular formula is C25H41NO20. The molecule has 0 aromatic carbocycles. The van der Waals surface area contributed by atoms with Gasteiger partial charge >= 0.3 is 11.9 Å². The van der Waals surface area contributed by atoms with E-state index in [1.807, 2.05) is 0 Å². The number of nitrogens with one attached hydrogen (secondary N) is 1. The third-order valence-electron chi connectivity index (χ3n) is 7.74. The van der Waals surface area contributed by atoms with Crippen LogP contribution in [-0.2, 0) is 42.8 Å². The smallest absolute Gasteiger partial charge is 0.364 e. The number of carbonyl (C=O) groups excluding carboxylic acids is 2. The predicted molar refractivity (Wildman–Crippen MR) is 140 cm³/mol. The number of aliphatic hydroxyl groups excluding tert-OH is 10. The van der Waals surface area contributed by atoms with Gasteiger partial charge in [0.2, 0.25) is 5.91 Å². The van der Waals surface area contributed by atoms with Crippen LogP contribution in [0.3, 0.4) is 0 Å². The van der Waals surface area contributed by atoms with Crippen molar-refractivity contribution >= 4 is 17.8 Å². The van der Waals surface area contributed by atoms with Crippen LogP contribution in [0, 0.1) is 0 Å². The third kappa shape index (κ3) is 8.26. The van der Waals surface area contributed by atoms with Crippen molar-refractivity contribution in [3.8, 4) is 0 Å². The van der Waals surface area contributed by atoms with E-state index >= 15 is 0 Å². The molecule has 3 fully saturated rings. The first kappa shape index (κ1) is 38.3. The van der Waals surface area contributed by atoms with Crippen LogP contribution in [0.1, 0.15) is 20.3 Å². The maximum atomic E-state index is 12.7. The number of rotatable bonds is 12. The van der Waals surface area contributed by atoms with Crippen molar-refractivity contribution in [2.45, 2.75) is 118 Å². The fourth-order valence-electron chi connectivity index (χ4n) is 5.36. The molecule has 3 rings (SSSR count). The molecule has 12 N–H and O–H groups in total. The SMILES string of the molecule is CC(=O)N[C@H]1[C@H]([C@H](O)[C@H](O)COC(C)=O)O[C@@](O[C@H]2[C@@H](O)[C@@H](CO)O[C@@H](O[C@H]3[C@H](O)[C@@H](O)[C@H](O)O[C@@H]3CO)[C@@H]2O)(C(=O)O)C[C@@H]1O. The van der Waals surface area contributed by atoms with Crippen LogP contribution in [0.15, 0.2) is 0 Å². The molecule has 0 bridgehead atoms. The summed E-state index contributed by atoms with van der Waals surface area (Å²) in [5.41, 5.74) is 0. The van der Waals surface area contributed by atoms with Crippen LogP contribution >= 0.6 is 0 Å². The molecule has 0 aliphatic carbocycles. The highest BCUT2D eigenvalue weighted by Crippen LogP contribution is 2.38. The summed E-state index contributed by atoms with van der Waals surface area (Å²) in [4.78, 5) is 35.7. The Morgan fingerprint density at radius 3 is 2.07 bits per heavy atom. The van der Waals surface area contributed by atoms with Gasteiger partial charge in [-0.05, 0) is 0 Å². The molecule has 0 aromatic heterocycles. The number of amides is 1. The van der Waals surface area contributed by atoms with Gasteiger partial charge in [-0.25, -0.2) is 4.79 Å². The quantitative estimate of drug-likeness (QED) is 0.0854. The van der Waals surface area contributed by atoms with Crippen molar-refractivity contribution in [2.75, 3.05) is 19.8 Å². The minimum atomic E-state index is -3.06. The number of ether oxygens (including phenoxy) is 6. The van der Waals surface area contributed by atoms with Gasteiger partial charge in [-0.15, -0.1) is 0 Å². The van der Waals surface area contributed by atoms with Crippen molar-refractivity contribution in [2.24, 2.45) is 0 Å². The first-order valence-corrected chi connectivity index (χ1v) is 14.1. The Kier molecular flexibility index (Phi) is 13.1. The molecule has 21 nitrogen and oxygen atoms in total. The maximum Gasteiger partial charge on any atom is 0.364 e. The molecular weight excluding hydrogens is 634 g/mol. The zero-order valence-electron chi connectivity index (χ0n) is 24.6. The van der Waals surface area contributed by atoms with Crippen molar-refractivity contribution < 1.29 is 99.0 Å². The van der Waals surface area contributed by atoms with Gasteiger partial charge in [0.15, 0.2) is 12.6 Å². The molecule has 0 unspecified atom stereocenters. The van der Waals surface area contributed by atoms with Gasteiger partial charge in [-0.3, -0.25) is 9.59 Å². The molecule has 46 heavy (non-hydrogen) atoms. The van der Waals surface area contributed by atoms with Crippen LogP contribution in [0.25, 0.3) is 0 Å². The second-order valence-electron chi connectivity index (χ2n) is 11.1. The van der Waals surface area contributed by atoms with E-state index < -0.39 is 142 Å². The molecule has 3 aliphatic rings. The summed E-state index contributed by atoms with van der Waals surface area (Å²) >= 11 is 0. The van der Waals surface area contributed by atoms with Gasteiger partial charge < -0.3 is 89.9 Å². The minimum absolute atomic E-state index is 0.767. The molecule has 266 valence electrons. The Balaban J connectivity index is 1.94. The standard InChI is InChI=1S/C25H41NO20/c1-7(29)26-13-9(31)3-25(24(39)40,45-20(13)14(33)10(32)6-41-8(2)30)46-21-15(34)11(4-27)43-23(18(21)37)44-19-12(5-28)42-22(38)17(36)16(19)35/h9-23,27-28,31-38H,3-6H2,1-2H3,(H,26,29)(H,39,40)/t9-,10+,11+,12+,13+,14+,15-,16+,17+,18+,19+,20+,21-,22+,23-,25-/m0/s1. The maximum absolute atomic E-state index is 12.7. The molecule has 21 heteroatoms. The topological polar surface area (TPSA) is 341 Å². The third-order valence-corrected chi connectivity index (χ3v) is 7.74. The van der Waals surface area contributed by atoms with E-state index in [-0.39, 0.29) is 0 Å². The summed E-state index contributed by atoms with van der Waals surface area (Å²) in [6.45, 7) is -0.648. The first-order valence-electron chi connectivity index (χ1n) is 14.1. The Morgan fingerprint density at radius 1 is 0.891 bits per heavy atom. The van der Waals surface area contributed by atoms with Gasteiger partial charge in [0.25, 0.3) is 5.79 Å². The minimum Gasteiger partial charge on any atom is -0.477 e. The zero-order valence-corrected chi connectivity index (χ0v) is 24.6. The summed E-state index contributed by atoms with van der Waals surface area (Å²) in [5.74, 6) is -6.66. The van der Waals surface area contributed by atoms with Gasteiger partial charge in [-0.1, -0.05) is 0 Å². The Morgan fingerprint density at radius 2 is 1.52 bits per heavy atom. The molecule has 3 heterocycles. The summed E-state index contributed by atoms with van der Waals surface area (Å²) in [7, 11) is 0. The van der Waals surface area contributed by atoms with Crippen molar-refractivity contribution in [1.29, 1.82) is 0 Å². The van der Waals surface area contributed by atoms with Crippen molar-refractivity contribution in [1.82, 2.24) is 5.32 Å². The lowest BCUT2D eigenvalue weighted by Gasteiger charge is -2.50. The van der Waals surface area contributed by atoms with E-state index in [1.54, 1.807) is 0 Å². The van der Waals surface area contributed by atoms with E-state index in [9.17, 15) is 70.6 Å². The number of hydrogen-bond acceptors (Lipinski definition) is 19. The highest BCUT2D eigenvalue weighted by Gasteiger charge is 2.60. The highest BCUT2D eigenvalue weighted by molar-refractivity contribution is 5.76. The van der Waals surface area contributed by atoms with Crippen molar-refractivity contribution in [3.05, 3.63) is 0 Å². The number of carboxylic acids is 1. The van der Waals surface area contributed by atoms with Crippen LogP contribution in [0.5, 0.6) is 0 Å². The number of aliphatic carboxylic acids is 1. The number of esters is 1. The molecule has 3 saturated heterocycles. The number of carbonyl (C=O) groups is 3. The molecule has 1 amide bonds. The molecule has 0 spiro atoms. The number of carboxylic acid groups (broad SMARTS) is 1. The number of aliphatic hydroxyl groups is 10. The lowest BCUT2D eigenvalue weighted by Crippen LogP contribution is -2.70. The van der Waals surface area contributed by atoms with E-state index in [2.05, 4.69) is 10.1 Å². The highest BCUT2D eigenvalue weighted by atomic mass is 16.8. The summed E-state index contributed by atoms with van der Waals surface area (Å²) in [6, 6.07) is -1.58. The Bertz CT molecular complexity index is 1050. The lowest BCUT2D eigenvalue weighted by atomic mass is 9.88. The van der Waals surface area contributed by atoms with Gasteiger partial charge in [0, 0.05) is 20.3 Å². The van der Waals surface area contributed by atoms with E-state index in [0.717, 1.165) is 13.8 Å². The van der Waals surface area contributed by atoms with E-state index in [1.165, 1.54) is 0 Å². The number of hydrogen-bond donors (Lipinski definition) is 12. The second kappa shape index (κ2) is 15.8. The monoisotopic (exact) mass is 675 g/mol. The van der Waals surface area contributed by atoms with Gasteiger partial charge in [0.05, 0.1) is 25.4 Å². The molecule has 0 saturated carbocycles. The van der Waals surface area contributed by atoms with Crippen LogP contribution in [-0.4, -0.2) is 191 Å². The largest absolute Gasteiger partial charge is 0.477 e. The van der Waals surface area contributed by atoms with Gasteiger partial charge in [-0.2, -0.15) is 0 Å². The fourth-order valence-corrected chi connectivity index (χ4v) is 5.36. The summed E-state index contributed by atoms with van der Waals surface area (Å²) < 4.78 is 31.7. The van der Waals surface area contributed by atoms with E-state index in [0.29, 0.717) is 0 Å². The Hall–Kier alpha value is -2.19. The average Bonchev–Trinajstić information content (AvgIpc) is 2.99. The molecule has 3 aliphatic heterocycles. The summed E-state index contributed by atoms with van der Waals surface area (Å²) in [5, 5.41) is 116.